The number of carbonyl (C=O) groups excluding carboxylic acids is 1. The van der Waals surface area contributed by atoms with Crippen LogP contribution in [0.4, 0.5) is 0 Å². The molecular weight excluding hydrogens is 1160 g/mol. The molecule has 5 heterocycles. The van der Waals surface area contributed by atoms with Crippen LogP contribution in [0.3, 0.4) is 0 Å². The van der Waals surface area contributed by atoms with E-state index in [2.05, 4.69) is 40.7 Å². The maximum absolute atomic E-state index is 14.3. The third kappa shape index (κ3) is 11.2. The van der Waals surface area contributed by atoms with Gasteiger partial charge in [-0.3, -0.25) is 4.79 Å². The van der Waals surface area contributed by atoms with E-state index in [-0.39, 0.29) is 43.1 Å². The second-order valence-electron chi connectivity index (χ2n) is 28.5. The van der Waals surface area contributed by atoms with E-state index in [1.165, 1.54) is 6.92 Å². The molecule has 0 aromatic carbocycles. The van der Waals surface area contributed by atoms with Gasteiger partial charge in [-0.2, -0.15) is 0 Å². The average Bonchev–Trinajstić information content (AvgIpc) is 1.13. The zero-order valence-corrected chi connectivity index (χ0v) is 50.3. The van der Waals surface area contributed by atoms with Crippen molar-refractivity contribution in [2.45, 2.75) is 266 Å². The molecule has 0 radical (unpaired) electrons. The lowest BCUT2D eigenvalue weighted by molar-refractivity contribution is -0.394. The van der Waals surface area contributed by atoms with Crippen LogP contribution in [0.2, 0.25) is 0 Å². The molecule has 0 bridgehead atoms. The van der Waals surface area contributed by atoms with Gasteiger partial charge >= 0.3 is 5.97 Å². The Bertz CT molecular complexity index is 2420. The fraction of sp³-hybridized carbons (Fsp3) is 0.949. The number of rotatable bonds is 14. The second kappa shape index (κ2) is 25.1. The number of allylic oxidation sites excluding steroid dienone is 2. The molecule has 4 saturated carbocycles. The van der Waals surface area contributed by atoms with E-state index in [1.54, 1.807) is 6.92 Å². The summed E-state index contributed by atoms with van der Waals surface area (Å²) in [4.78, 5) is 14.3. The van der Waals surface area contributed by atoms with Gasteiger partial charge in [-0.25, -0.2) is 0 Å². The largest absolute Gasteiger partial charge is 0.432 e. The van der Waals surface area contributed by atoms with Crippen LogP contribution in [-0.4, -0.2) is 285 Å². The highest BCUT2D eigenvalue weighted by Gasteiger charge is 2.71. The first kappa shape index (κ1) is 68.0. The van der Waals surface area contributed by atoms with Crippen LogP contribution >= 0.6 is 0 Å². The number of ether oxygens (including phenoxy) is 10. The molecule has 34 atom stereocenters. The highest BCUT2D eigenvalue weighted by molar-refractivity contribution is 5.77. The van der Waals surface area contributed by atoms with E-state index < -0.39 is 225 Å². The first-order valence-corrected chi connectivity index (χ1v) is 30.9. The zero-order valence-electron chi connectivity index (χ0n) is 50.3. The molecule has 3 unspecified atom stereocenters. The Morgan fingerprint density at radius 2 is 1.08 bits per heavy atom. The van der Waals surface area contributed by atoms with E-state index in [0.717, 1.165) is 5.57 Å². The van der Waals surface area contributed by atoms with Gasteiger partial charge in [0.05, 0.1) is 56.8 Å². The molecule has 0 spiro atoms. The Kier molecular flexibility index (Phi) is 19.7. The number of aliphatic hydroxyl groups excluding tert-OH is 17. The highest BCUT2D eigenvalue weighted by atomic mass is 16.8. The topological polar surface area (TPSA) is 453 Å². The van der Waals surface area contributed by atoms with E-state index in [1.807, 2.05) is 0 Å². The van der Waals surface area contributed by atoms with Gasteiger partial charge in [0.2, 0.25) is 6.29 Å². The van der Waals surface area contributed by atoms with Crippen molar-refractivity contribution in [2.75, 3.05) is 33.0 Å². The minimum absolute atomic E-state index is 0.0179. The van der Waals surface area contributed by atoms with Crippen molar-refractivity contribution in [1.82, 2.24) is 0 Å². The maximum atomic E-state index is 14.3. The number of esters is 1. The van der Waals surface area contributed by atoms with Crippen molar-refractivity contribution in [3.05, 3.63) is 11.6 Å². The summed E-state index contributed by atoms with van der Waals surface area (Å²) in [5.41, 5.74) is -3.21. The van der Waals surface area contributed by atoms with Crippen molar-refractivity contribution in [1.29, 1.82) is 0 Å². The summed E-state index contributed by atoms with van der Waals surface area (Å²) in [6.07, 6.45) is -35.4. The zero-order chi connectivity index (χ0) is 63.6. The van der Waals surface area contributed by atoms with Crippen LogP contribution in [-0.2, 0) is 52.2 Å². The first-order chi connectivity index (χ1) is 40.8. The summed E-state index contributed by atoms with van der Waals surface area (Å²) in [5, 5.41) is 185. The van der Waals surface area contributed by atoms with E-state index in [9.17, 15) is 91.6 Å². The molecule has 500 valence electrons. The van der Waals surface area contributed by atoms with Gasteiger partial charge in [-0.05, 0) is 111 Å². The Labute approximate surface area is 504 Å². The third-order valence-corrected chi connectivity index (χ3v) is 23.5. The molecule has 28 heteroatoms. The van der Waals surface area contributed by atoms with Gasteiger partial charge < -0.3 is 134 Å². The van der Waals surface area contributed by atoms with Crippen molar-refractivity contribution in [2.24, 2.45) is 50.2 Å². The second-order valence-corrected chi connectivity index (χ2v) is 28.5. The minimum atomic E-state index is -1.94. The molecule has 0 aromatic rings. The molecule has 5 saturated heterocycles. The lowest BCUT2D eigenvalue weighted by atomic mass is 9.33. The van der Waals surface area contributed by atoms with Crippen LogP contribution in [0.25, 0.3) is 0 Å². The quantitative estimate of drug-likeness (QED) is 0.0442. The summed E-state index contributed by atoms with van der Waals surface area (Å²) in [7, 11) is 0. The Morgan fingerprint density at radius 3 is 1.68 bits per heavy atom. The predicted octanol–water partition coefficient (Wildman–Crippen LogP) is -4.60. The standard InChI is InChI=1S/C59H96O28/c1-23-34(65)39(70)43(74)48(79-23)86-47-42(73)37(68)28(20-62)82-52(47)83-29-21-78-51(46(38(29)69)85-49-44(75)40(71)35(66)26(18-60)80-49)84-33-11-12-56(5)30(54(33,2)3)10-13-57(6)31(56)9-8-24-25-16-55(4,14-15-59(25,22-63)32(64)17-58(24,57)7)53(77)87-50-45(76)41(72)36(67)27(19-61)81-50/h8,23,25-52,60-76H,9-22H2,1-7H3/t23-,25?,26+,27+,28+,29-,30?,31?,32+,33-,34-,35+,36+,37+,38-,39+,40-,41-,42-,43+,44+,45+,46+,47-,48-,49-,50-,51-,52-,55-,56-,57+,58+,59+/m0/s1. The number of hydrogen-bond donors (Lipinski definition) is 17. The van der Waals surface area contributed by atoms with E-state index >= 15 is 0 Å². The highest BCUT2D eigenvalue weighted by Crippen LogP contribution is 2.76. The van der Waals surface area contributed by atoms with Gasteiger partial charge in [-0.15, -0.1) is 0 Å². The monoisotopic (exact) mass is 1250 g/mol. The minimum Gasteiger partial charge on any atom is -0.432 e. The van der Waals surface area contributed by atoms with Crippen molar-refractivity contribution < 1.29 is 139 Å². The fourth-order valence-corrected chi connectivity index (χ4v) is 17.8. The molecule has 5 aliphatic heterocycles. The molecule has 10 rings (SSSR count). The van der Waals surface area contributed by atoms with Crippen LogP contribution < -0.4 is 0 Å². The number of carbonyl (C=O) groups is 1. The Balaban J connectivity index is 0.893. The van der Waals surface area contributed by atoms with Gasteiger partial charge in [0, 0.05) is 5.41 Å². The average molecular weight is 1250 g/mol. The predicted molar refractivity (Wildman–Crippen MR) is 291 cm³/mol. The third-order valence-electron chi connectivity index (χ3n) is 23.5. The van der Waals surface area contributed by atoms with Gasteiger partial charge in [0.15, 0.2) is 25.2 Å². The fourth-order valence-electron chi connectivity index (χ4n) is 17.8. The van der Waals surface area contributed by atoms with Crippen molar-refractivity contribution in [3.63, 3.8) is 0 Å². The Hall–Kier alpha value is -1.83. The van der Waals surface area contributed by atoms with Crippen molar-refractivity contribution in [3.8, 4) is 0 Å². The molecule has 9 fully saturated rings. The first-order valence-electron chi connectivity index (χ1n) is 30.9. The lowest BCUT2D eigenvalue weighted by Gasteiger charge is -2.72. The summed E-state index contributed by atoms with van der Waals surface area (Å²) < 4.78 is 60.3. The van der Waals surface area contributed by atoms with E-state index in [4.69, 9.17) is 47.4 Å². The molecule has 0 amide bonds. The van der Waals surface area contributed by atoms with Gasteiger partial charge in [-0.1, -0.05) is 46.3 Å². The molecule has 0 aromatic heterocycles. The van der Waals surface area contributed by atoms with Crippen LogP contribution in [0, 0.1) is 50.2 Å². The lowest BCUT2D eigenvalue weighted by Crippen LogP contribution is -2.68. The van der Waals surface area contributed by atoms with Crippen LogP contribution in [0.15, 0.2) is 11.6 Å². The Morgan fingerprint density at radius 1 is 0.540 bits per heavy atom. The van der Waals surface area contributed by atoms with Crippen LogP contribution in [0.5, 0.6) is 0 Å². The van der Waals surface area contributed by atoms with Crippen molar-refractivity contribution >= 4 is 5.97 Å². The molecular formula is C59H96O28. The number of hydrogen-bond acceptors (Lipinski definition) is 28. The van der Waals surface area contributed by atoms with Gasteiger partial charge in [0.1, 0.15) is 110 Å². The maximum Gasteiger partial charge on any atom is 0.314 e. The number of aliphatic hydroxyl groups is 17. The number of fused-ring (bicyclic) bond motifs is 7. The molecule has 5 aliphatic carbocycles. The van der Waals surface area contributed by atoms with E-state index in [0.29, 0.717) is 38.5 Å². The summed E-state index contributed by atoms with van der Waals surface area (Å²) >= 11 is 0. The normalized spacial score (nSPS) is 55.1. The summed E-state index contributed by atoms with van der Waals surface area (Å²) in [6.45, 7) is 10.9. The summed E-state index contributed by atoms with van der Waals surface area (Å²) in [5.74, 6) is -1.19. The smallest absolute Gasteiger partial charge is 0.314 e. The van der Waals surface area contributed by atoms with Crippen LogP contribution in [0.1, 0.15) is 106 Å². The molecule has 10 aliphatic rings. The molecule has 87 heavy (non-hydrogen) atoms. The molecule has 28 nitrogen and oxygen atoms in total. The SMILES string of the molecule is C[C@@H]1O[C@@H](O[C@@H]2[C@H](O[C@H]3CO[C@@H](O[C@H]4CC[C@@]5(C)C(CC[C@]6(C)C5CC=C5C7C[C@@](C)(C(=O)O[C@@H]8O[C@H](CO)[C@@H](O)[C@H](O)[C@H]8O)CC[C@]7(CO)[C@H](O)C[C@]56C)C4(C)C)[C@H](O[C@@H]4O[C@H](CO)[C@@H](O)[C@H](O)[C@H]4O)[C@H]3O)O[C@H](CO)[C@@H](O)[C@@H]2O)[C@H](O)[C@H](O)[C@H]1O. The summed E-state index contributed by atoms with van der Waals surface area (Å²) in [6, 6.07) is 0. The van der Waals surface area contributed by atoms with Gasteiger partial charge in [0.25, 0.3) is 0 Å². The molecule has 17 N–H and O–H groups in total.